The number of hydrogen-bond acceptors (Lipinski definition) is 6. The molecule has 1 atom stereocenters. The Morgan fingerprint density at radius 1 is 1.33 bits per heavy atom. The van der Waals surface area contributed by atoms with E-state index in [1.807, 2.05) is 24.3 Å². The predicted molar refractivity (Wildman–Crippen MR) is 89.8 cm³/mol. The zero-order valence-corrected chi connectivity index (χ0v) is 14.0. The number of nitrogens with one attached hydrogen (secondary N) is 1. The Hall–Kier alpha value is -2.25. The molecule has 0 saturated carbocycles. The second-order valence-electron chi connectivity index (χ2n) is 5.31. The van der Waals surface area contributed by atoms with Gasteiger partial charge >= 0.3 is 0 Å². The number of fused-ring (bicyclic) bond motifs is 1. The van der Waals surface area contributed by atoms with Crippen LogP contribution in [0.2, 0.25) is 4.34 Å². The molecule has 0 fully saturated rings. The Balaban J connectivity index is 1.36. The maximum absolute atomic E-state index is 12.3. The standard InChI is InChI=1S/C16H13ClN2O4S/c17-14-5-4-13(24-14)10-6-12(23-19-10)16(20)18-7-9-2-1-3-11-15(9)22-8-21-11/h1-5,12H,6-8H2,(H,18,20)/t12-/m0/s1. The molecule has 6 nitrogen and oxygen atoms in total. The van der Waals surface area contributed by atoms with Gasteiger partial charge in [-0.05, 0) is 18.2 Å². The van der Waals surface area contributed by atoms with Crippen molar-refractivity contribution in [2.45, 2.75) is 19.1 Å². The SMILES string of the molecule is O=C(NCc1cccc2c1OCO2)[C@@H]1CC(c2ccc(Cl)s2)=NO1. The number of carbonyl (C=O) groups excluding carboxylic acids is 1. The number of oxime groups is 1. The minimum atomic E-state index is -0.630. The summed E-state index contributed by atoms with van der Waals surface area (Å²) in [5, 5.41) is 6.85. The van der Waals surface area contributed by atoms with Crippen molar-refractivity contribution >= 4 is 34.6 Å². The lowest BCUT2D eigenvalue weighted by Crippen LogP contribution is -2.34. The average molecular weight is 365 g/mol. The van der Waals surface area contributed by atoms with Crippen molar-refractivity contribution in [1.82, 2.24) is 5.32 Å². The summed E-state index contributed by atoms with van der Waals surface area (Å²) in [5.74, 6) is 1.15. The first-order valence-corrected chi connectivity index (χ1v) is 8.54. The molecule has 2 aliphatic heterocycles. The third-order valence-electron chi connectivity index (χ3n) is 3.75. The van der Waals surface area contributed by atoms with Crippen LogP contribution in [0.5, 0.6) is 11.5 Å². The van der Waals surface area contributed by atoms with Crippen molar-refractivity contribution in [1.29, 1.82) is 0 Å². The molecule has 0 unspecified atom stereocenters. The molecule has 8 heteroatoms. The number of rotatable bonds is 4. The van der Waals surface area contributed by atoms with Crippen LogP contribution in [0.1, 0.15) is 16.9 Å². The molecule has 0 bridgehead atoms. The molecule has 4 rings (SSSR count). The van der Waals surface area contributed by atoms with Crippen LogP contribution in [0.3, 0.4) is 0 Å². The van der Waals surface area contributed by atoms with Crippen LogP contribution in [0.25, 0.3) is 0 Å². The van der Waals surface area contributed by atoms with Crippen LogP contribution in [0, 0.1) is 0 Å². The summed E-state index contributed by atoms with van der Waals surface area (Å²) in [4.78, 5) is 18.5. The second kappa shape index (κ2) is 6.33. The number of amides is 1. The van der Waals surface area contributed by atoms with Crippen LogP contribution < -0.4 is 14.8 Å². The van der Waals surface area contributed by atoms with Crippen LogP contribution in [0.4, 0.5) is 0 Å². The van der Waals surface area contributed by atoms with E-state index in [0.29, 0.717) is 28.8 Å². The van der Waals surface area contributed by atoms with E-state index in [-0.39, 0.29) is 12.7 Å². The highest BCUT2D eigenvalue weighted by atomic mass is 35.5. The molecule has 124 valence electrons. The van der Waals surface area contributed by atoms with Gasteiger partial charge in [0.1, 0.15) is 5.71 Å². The van der Waals surface area contributed by atoms with Crippen molar-refractivity contribution < 1.29 is 19.1 Å². The smallest absolute Gasteiger partial charge is 0.264 e. The molecule has 0 radical (unpaired) electrons. The van der Waals surface area contributed by atoms with Gasteiger partial charge in [-0.15, -0.1) is 11.3 Å². The maximum atomic E-state index is 12.3. The molecule has 1 aromatic heterocycles. The lowest BCUT2D eigenvalue weighted by molar-refractivity contribution is -0.131. The molecule has 0 saturated heterocycles. The van der Waals surface area contributed by atoms with E-state index >= 15 is 0 Å². The van der Waals surface area contributed by atoms with E-state index in [2.05, 4.69) is 10.5 Å². The van der Waals surface area contributed by atoms with Gasteiger partial charge in [0.05, 0.1) is 9.21 Å². The molecule has 24 heavy (non-hydrogen) atoms. The lowest BCUT2D eigenvalue weighted by Gasteiger charge is -2.10. The summed E-state index contributed by atoms with van der Waals surface area (Å²) in [6.07, 6.45) is -0.204. The minimum absolute atomic E-state index is 0.201. The zero-order chi connectivity index (χ0) is 16.5. The van der Waals surface area contributed by atoms with Gasteiger partial charge in [-0.3, -0.25) is 4.79 Å². The Morgan fingerprint density at radius 3 is 3.08 bits per heavy atom. The van der Waals surface area contributed by atoms with Gasteiger partial charge in [0.2, 0.25) is 12.9 Å². The number of ether oxygens (including phenoxy) is 2. The highest BCUT2D eigenvalue weighted by Gasteiger charge is 2.29. The fourth-order valence-corrected chi connectivity index (χ4v) is 3.59. The van der Waals surface area contributed by atoms with E-state index in [0.717, 1.165) is 16.2 Å². The highest BCUT2D eigenvalue weighted by Crippen LogP contribution is 2.35. The monoisotopic (exact) mass is 364 g/mol. The number of para-hydroxylation sites is 1. The van der Waals surface area contributed by atoms with Crippen molar-refractivity contribution in [3.8, 4) is 11.5 Å². The Kier molecular flexibility index (Phi) is 4.03. The number of benzene rings is 1. The zero-order valence-electron chi connectivity index (χ0n) is 12.5. The topological polar surface area (TPSA) is 69.2 Å². The average Bonchev–Trinajstić information content (AvgIpc) is 3.31. The molecule has 2 aromatic rings. The number of thiophene rings is 1. The molecule has 1 N–H and O–H groups in total. The summed E-state index contributed by atoms with van der Waals surface area (Å²) in [7, 11) is 0. The molecule has 0 spiro atoms. The van der Waals surface area contributed by atoms with E-state index in [4.69, 9.17) is 25.9 Å². The predicted octanol–water partition coefficient (Wildman–Crippen LogP) is 2.94. The van der Waals surface area contributed by atoms with Gasteiger partial charge in [-0.1, -0.05) is 28.9 Å². The van der Waals surface area contributed by atoms with E-state index in [1.165, 1.54) is 11.3 Å². The van der Waals surface area contributed by atoms with Crippen LogP contribution >= 0.6 is 22.9 Å². The number of halogens is 1. The Labute approximate surface area is 147 Å². The molecule has 3 heterocycles. The third kappa shape index (κ3) is 2.92. The van der Waals surface area contributed by atoms with E-state index in [9.17, 15) is 4.79 Å². The van der Waals surface area contributed by atoms with Crippen LogP contribution in [0.15, 0.2) is 35.5 Å². The first-order valence-electron chi connectivity index (χ1n) is 7.34. The first-order chi connectivity index (χ1) is 11.7. The first kappa shape index (κ1) is 15.3. The van der Waals surface area contributed by atoms with Gasteiger partial charge in [0.25, 0.3) is 5.91 Å². The molecule has 1 aromatic carbocycles. The quantitative estimate of drug-likeness (QED) is 0.905. The largest absolute Gasteiger partial charge is 0.454 e. The van der Waals surface area contributed by atoms with Crippen LogP contribution in [-0.4, -0.2) is 24.5 Å². The number of carbonyl (C=O) groups is 1. The van der Waals surface area contributed by atoms with Gasteiger partial charge in [0, 0.05) is 18.5 Å². The number of hydrogen-bond donors (Lipinski definition) is 1. The Morgan fingerprint density at radius 2 is 2.25 bits per heavy atom. The summed E-state index contributed by atoms with van der Waals surface area (Å²) >= 11 is 7.34. The van der Waals surface area contributed by atoms with Crippen molar-refractivity contribution in [3.63, 3.8) is 0 Å². The molecular formula is C16H13ClN2O4S. The third-order valence-corrected chi connectivity index (χ3v) is 5.03. The highest BCUT2D eigenvalue weighted by molar-refractivity contribution is 7.18. The molecule has 2 aliphatic rings. The van der Waals surface area contributed by atoms with Crippen molar-refractivity contribution in [2.24, 2.45) is 5.16 Å². The summed E-state index contributed by atoms with van der Waals surface area (Å²) in [6, 6.07) is 9.26. The molecular weight excluding hydrogens is 352 g/mol. The Bertz CT molecular complexity index is 820. The second-order valence-corrected chi connectivity index (χ2v) is 7.02. The van der Waals surface area contributed by atoms with Crippen LogP contribution in [-0.2, 0) is 16.2 Å². The van der Waals surface area contributed by atoms with E-state index < -0.39 is 6.10 Å². The summed E-state index contributed by atoms with van der Waals surface area (Å²) in [5.41, 5.74) is 1.60. The molecule has 0 aliphatic carbocycles. The van der Waals surface area contributed by atoms with Gasteiger partial charge < -0.3 is 19.6 Å². The van der Waals surface area contributed by atoms with Crippen molar-refractivity contribution in [3.05, 3.63) is 45.1 Å². The normalized spacial score (nSPS) is 18.2. The van der Waals surface area contributed by atoms with E-state index in [1.54, 1.807) is 6.07 Å². The van der Waals surface area contributed by atoms with Gasteiger partial charge in [-0.2, -0.15) is 0 Å². The van der Waals surface area contributed by atoms with Gasteiger partial charge in [-0.25, -0.2) is 0 Å². The number of nitrogens with zero attached hydrogens (tertiary/aromatic N) is 1. The molecule has 1 amide bonds. The fourth-order valence-electron chi connectivity index (χ4n) is 2.56. The summed E-state index contributed by atoms with van der Waals surface area (Å²) < 4.78 is 11.4. The lowest BCUT2D eigenvalue weighted by atomic mass is 10.1. The maximum Gasteiger partial charge on any atom is 0.264 e. The van der Waals surface area contributed by atoms with Gasteiger partial charge in [0.15, 0.2) is 11.5 Å². The fraction of sp³-hybridized carbons (Fsp3) is 0.250. The van der Waals surface area contributed by atoms with Crippen molar-refractivity contribution in [2.75, 3.05) is 6.79 Å². The minimum Gasteiger partial charge on any atom is -0.454 e. The summed E-state index contributed by atoms with van der Waals surface area (Å²) in [6.45, 7) is 0.540.